The molecule has 1 aromatic heterocycles. The molecule has 0 saturated carbocycles. The van der Waals surface area contributed by atoms with Gasteiger partial charge < -0.3 is 19.7 Å². The van der Waals surface area contributed by atoms with Gasteiger partial charge in [0.1, 0.15) is 17.3 Å². The molecule has 0 amide bonds. The van der Waals surface area contributed by atoms with Gasteiger partial charge in [-0.1, -0.05) is 30.3 Å². The van der Waals surface area contributed by atoms with Crippen molar-refractivity contribution in [2.75, 3.05) is 37.5 Å². The van der Waals surface area contributed by atoms with Crippen LogP contribution in [-0.4, -0.2) is 37.3 Å². The number of rotatable bonds is 6. The molecule has 2 heterocycles. The molecule has 28 heavy (non-hydrogen) atoms. The van der Waals surface area contributed by atoms with Crippen molar-refractivity contribution in [1.82, 2.24) is 9.97 Å². The van der Waals surface area contributed by atoms with Crippen molar-refractivity contribution >= 4 is 17.5 Å². The molecule has 6 nitrogen and oxygen atoms in total. The van der Waals surface area contributed by atoms with Gasteiger partial charge in [0.2, 0.25) is 5.95 Å². The topological polar surface area (TPSA) is 59.5 Å². The monoisotopic (exact) mass is 376 g/mol. The minimum Gasteiger partial charge on any atom is -0.497 e. The third-order valence-corrected chi connectivity index (χ3v) is 4.87. The van der Waals surface area contributed by atoms with E-state index in [1.165, 1.54) is 12.8 Å². The third kappa shape index (κ3) is 3.86. The molecule has 1 aliphatic rings. The molecule has 0 unspecified atom stereocenters. The van der Waals surface area contributed by atoms with Crippen LogP contribution in [0.4, 0.5) is 17.5 Å². The normalized spacial score (nSPS) is 13.4. The zero-order chi connectivity index (χ0) is 19.3. The summed E-state index contributed by atoms with van der Waals surface area (Å²) in [5.41, 5.74) is 2.75. The first-order valence-corrected chi connectivity index (χ1v) is 9.45. The maximum atomic E-state index is 5.50. The Kier molecular flexibility index (Phi) is 5.28. The predicted octanol–water partition coefficient (Wildman–Crippen LogP) is 4.50. The molecule has 2 aromatic carbocycles. The molecule has 3 aromatic rings. The van der Waals surface area contributed by atoms with Crippen LogP contribution in [0.1, 0.15) is 12.8 Å². The predicted molar refractivity (Wildman–Crippen MR) is 112 cm³/mol. The van der Waals surface area contributed by atoms with Gasteiger partial charge in [0, 0.05) is 30.8 Å². The molecular weight excluding hydrogens is 352 g/mol. The van der Waals surface area contributed by atoms with E-state index in [2.05, 4.69) is 28.4 Å². The highest BCUT2D eigenvalue weighted by molar-refractivity contribution is 5.69. The first-order valence-electron chi connectivity index (χ1n) is 9.45. The number of benzene rings is 2. The summed E-state index contributed by atoms with van der Waals surface area (Å²) in [5, 5.41) is 3.32. The number of methoxy groups -OCH3 is 2. The number of anilines is 3. The lowest BCUT2D eigenvalue weighted by Crippen LogP contribution is -2.19. The Morgan fingerprint density at radius 3 is 2.39 bits per heavy atom. The van der Waals surface area contributed by atoms with E-state index >= 15 is 0 Å². The second-order valence-corrected chi connectivity index (χ2v) is 6.69. The fourth-order valence-corrected chi connectivity index (χ4v) is 3.38. The molecule has 0 radical (unpaired) electrons. The SMILES string of the molecule is COc1ccc(Nc2nc(-c3ccccc3)cc(N3CCCC3)n2)c(OC)c1. The fourth-order valence-electron chi connectivity index (χ4n) is 3.38. The Labute approximate surface area is 165 Å². The van der Waals surface area contributed by atoms with Crippen LogP contribution in [-0.2, 0) is 0 Å². The Morgan fingerprint density at radius 2 is 1.68 bits per heavy atom. The molecule has 4 rings (SSSR count). The number of ether oxygens (including phenoxy) is 2. The van der Waals surface area contributed by atoms with Crippen LogP contribution in [0.3, 0.4) is 0 Å². The maximum absolute atomic E-state index is 5.50. The molecule has 0 atom stereocenters. The van der Waals surface area contributed by atoms with Gasteiger partial charge in [-0.15, -0.1) is 0 Å². The van der Waals surface area contributed by atoms with Crippen LogP contribution in [0, 0.1) is 0 Å². The van der Waals surface area contributed by atoms with Crippen molar-refractivity contribution in [2.24, 2.45) is 0 Å². The van der Waals surface area contributed by atoms with Crippen molar-refractivity contribution in [1.29, 1.82) is 0 Å². The van der Waals surface area contributed by atoms with Gasteiger partial charge in [0.05, 0.1) is 25.6 Å². The highest BCUT2D eigenvalue weighted by Gasteiger charge is 2.17. The summed E-state index contributed by atoms with van der Waals surface area (Å²) in [5.74, 6) is 2.91. The lowest BCUT2D eigenvalue weighted by atomic mass is 10.1. The maximum Gasteiger partial charge on any atom is 0.229 e. The molecule has 1 N–H and O–H groups in total. The summed E-state index contributed by atoms with van der Waals surface area (Å²) in [7, 11) is 3.27. The second-order valence-electron chi connectivity index (χ2n) is 6.69. The summed E-state index contributed by atoms with van der Waals surface area (Å²) in [6.45, 7) is 2.05. The minimum absolute atomic E-state index is 0.548. The summed E-state index contributed by atoms with van der Waals surface area (Å²) < 4.78 is 10.8. The van der Waals surface area contributed by atoms with E-state index in [0.717, 1.165) is 41.6 Å². The number of hydrogen-bond acceptors (Lipinski definition) is 6. The van der Waals surface area contributed by atoms with E-state index in [0.29, 0.717) is 11.7 Å². The van der Waals surface area contributed by atoms with Crippen LogP contribution >= 0.6 is 0 Å². The zero-order valence-corrected chi connectivity index (χ0v) is 16.2. The van der Waals surface area contributed by atoms with E-state index in [9.17, 15) is 0 Å². The summed E-state index contributed by atoms with van der Waals surface area (Å²) in [4.78, 5) is 11.8. The minimum atomic E-state index is 0.548. The summed E-state index contributed by atoms with van der Waals surface area (Å²) in [6, 6.07) is 17.9. The van der Waals surface area contributed by atoms with Crippen LogP contribution in [0.25, 0.3) is 11.3 Å². The van der Waals surface area contributed by atoms with Crippen LogP contribution in [0.5, 0.6) is 11.5 Å². The van der Waals surface area contributed by atoms with E-state index in [-0.39, 0.29) is 0 Å². The third-order valence-electron chi connectivity index (χ3n) is 4.87. The number of nitrogens with one attached hydrogen (secondary N) is 1. The van der Waals surface area contributed by atoms with Gasteiger partial charge in [-0.3, -0.25) is 0 Å². The first kappa shape index (κ1) is 18.1. The van der Waals surface area contributed by atoms with Crippen molar-refractivity contribution in [2.45, 2.75) is 12.8 Å². The number of nitrogens with zero attached hydrogens (tertiary/aromatic N) is 3. The molecule has 0 spiro atoms. The largest absolute Gasteiger partial charge is 0.497 e. The number of aromatic nitrogens is 2. The smallest absolute Gasteiger partial charge is 0.229 e. The molecule has 6 heteroatoms. The molecule has 1 saturated heterocycles. The van der Waals surface area contributed by atoms with Crippen molar-refractivity contribution in [3.63, 3.8) is 0 Å². The quantitative estimate of drug-likeness (QED) is 0.683. The second kappa shape index (κ2) is 8.17. The lowest BCUT2D eigenvalue weighted by Gasteiger charge is -2.19. The zero-order valence-electron chi connectivity index (χ0n) is 16.2. The average Bonchev–Trinajstić information content (AvgIpc) is 3.29. The van der Waals surface area contributed by atoms with Crippen molar-refractivity contribution in [3.05, 3.63) is 54.6 Å². The van der Waals surface area contributed by atoms with Gasteiger partial charge >= 0.3 is 0 Å². The van der Waals surface area contributed by atoms with Gasteiger partial charge in [0.25, 0.3) is 0 Å². The molecular formula is C22H24N4O2. The molecule has 0 aliphatic carbocycles. The Hall–Kier alpha value is -3.28. The van der Waals surface area contributed by atoms with E-state index in [4.69, 9.17) is 19.4 Å². The molecule has 1 aliphatic heterocycles. The fraction of sp³-hybridized carbons (Fsp3) is 0.273. The Bertz CT molecular complexity index is 941. The van der Waals surface area contributed by atoms with Gasteiger partial charge in [-0.25, -0.2) is 4.98 Å². The van der Waals surface area contributed by atoms with Crippen molar-refractivity contribution < 1.29 is 9.47 Å². The summed E-state index contributed by atoms with van der Waals surface area (Å²) in [6.07, 6.45) is 2.39. The highest BCUT2D eigenvalue weighted by Crippen LogP contribution is 2.32. The Morgan fingerprint density at radius 1 is 0.893 bits per heavy atom. The number of hydrogen-bond donors (Lipinski definition) is 1. The first-order chi connectivity index (χ1) is 13.8. The van der Waals surface area contributed by atoms with Gasteiger partial charge in [0.15, 0.2) is 0 Å². The van der Waals surface area contributed by atoms with Crippen LogP contribution < -0.4 is 19.7 Å². The Balaban J connectivity index is 1.72. The van der Waals surface area contributed by atoms with E-state index in [1.54, 1.807) is 14.2 Å². The highest BCUT2D eigenvalue weighted by atomic mass is 16.5. The van der Waals surface area contributed by atoms with Crippen LogP contribution in [0.15, 0.2) is 54.6 Å². The van der Waals surface area contributed by atoms with Gasteiger partial charge in [-0.05, 0) is 25.0 Å². The van der Waals surface area contributed by atoms with Crippen molar-refractivity contribution in [3.8, 4) is 22.8 Å². The molecule has 0 bridgehead atoms. The van der Waals surface area contributed by atoms with E-state index in [1.807, 2.05) is 36.4 Å². The standard InChI is InChI=1S/C22H24N4O2/c1-27-17-10-11-18(20(14-17)28-2)23-22-24-19(16-8-4-3-5-9-16)15-21(25-22)26-12-6-7-13-26/h3-5,8-11,14-15H,6-7,12-13H2,1-2H3,(H,23,24,25). The van der Waals surface area contributed by atoms with E-state index < -0.39 is 0 Å². The lowest BCUT2D eigenvalue weighted by molar-refractivity contribution is 0.395. The average molecular weight is 376 g/mol. The van der Waals surface area contributed by atoms with Crippen LogP contribution in [0.2, 0.25) is 0 Å². The molecule has 1 fully saturated rings. The summed E-state index contributed by atoms with van der Waals surface area (Å²) >= 11 is 0. The molecule has 144 valence electrons. The van der Waals surface area contributed by atoms with Gasteiger partial charge in [-0.2, -0.15) is 4.98 Å².